The van der Waals surface area contributed by atoms with Crippen molar-refractivity contribution in [1.29, 1.82) is 0 Å². The Kier molecular flexibility index (Phi) is 6.19. The van der Waals surface area contributed by atoms with Crippen LogP contribution in [0.3, 0.4) is 0 Å². The van der Waals surface area contributed by atoms with Crippen LogP contribution in [0.2, 0.25) is 0 Å². The van der Waals surface area contributed by atoms with E-state index in [2.05, 4.69) is 16.0 Å². The van der Waals surface area contributed by atoms with Gasteiger partial charge in [0, 0.05) is 24.6 Å². The Bertz CT molecular complexity index is 1190. The predicted octanol–water partition coefficient (Wildman–Crippen LogP) is 4.83. The van der Waals surface area contributed by atoms with Gasteiger partial charge < -0.3 is 14.4 Å². The quantitative estimate of drug-likeness (QED) is 0.566. The van der Waals surface area contributed by atoms with Crippen LogP contribution in [0.25, 0.3) is 22.6 Å². The van der Waals surface area contributed by atoms with E-state index in [4.69, 9.17) is 19.4 Å². The molecular weight excluding hydrogens is 418 g/mol. The Morgan fingerprint density at radius 2 is 1.82 bits per heavy atom. The van der Waals surface area contributed by atoms with Crippen LogP contribution >= 0.6 is 0 Å². The number of likely N-dealkylation sites (tertiary alicyclic amines) is 1. The van der Waals surface area contributed by atoms with E-state index in [1.165, 1.54) is 0 Å². The largest absolute Gasteiger partial charge is 0.496 e. The molecule has 0 spiro atoms. The molecule has 174 valence electrons. The van der Waals surface area contributed by atoms with Crippen LogP contribution in [-0.4, -0.2) is 56.7 Å². The third-order valence-corrected chi connectivity index (χ3v) is 5.70. The van der Waals surface area contributed by atoms with E-state index in [0.717, 1.165) is 41.0 Å². The number of carbonyl (C=O) groups excluding carboxylic acids is 1. The number of aromatic nitrogens is 4. The van der Waals surface area contributed by atoms with Crippen molar-refractivity contribution < 1.29 is 14.3 Å². The molecule has 1 saturated heterocycles. The Balaban J connectivity index is 1.59. The first-order valence-corrected chi connectivity index (χ1v) is 11.3. The van der Waals surface area contributed by atoms with Crippen molar-refractivity contribution in [1.82, 2.24) is 24.8 Å². The van der Waals surface area contributed by atoms with Crippen molar-refractivity contribution in [2.45, 2.75) is 59.0 Å². The van der Waals surface area contributed by atoms with Crippen molar-refractivity contribution in [3.05, 3.63) is 41.3 Å². The third-order valence-electron chi connectivity index (χ3n) is 5.70. The van der Waals surface area contributed by atoms with Gasteiger partial charge in [-0.2, -0.15) is 0 Å². The van der Waals surface area contributed by atoms with Crippen LogP contribution in [0.1, 0.15) is 56.4 Å². The van der Waals surface area contributed by atoms with Crippen LogP contribution in [0, 0.1) is 13.8 Å². The van der Waals surface area contributed by atoms with E-state index >= 15 is 0 Å². The van der Waals surface area contributed by atoms with Gasteiger partial charge in [0.15, 0.2) is 11.3 Å². The van der Waals surface area contributed by atoms with Gasteiger partial charge in [0.25, 0.3) is 0 Å². The maximum Gasteiger partial charge on any atom is 0.410 e. The maximum absolute atomic E-state index is 12.5. The molecule has 0 bridgehead atoms. The molecule has 1 aromatic carbocycles. The molecule has 3 heterocycles. The van der Waals surface area contributed by atoms with Crippen LogP contribution in [-0.2, 0) is 4.74 Å². The lowest BCUT2D eigenvalue weighted by molar-refractivity contribution is 0.0197. The molecule has 4 rings (SSSR count). The zero-order valence-electron chi connectivity index (χ0n) is 20.2. The normalized spacial score (nSPS) is 16.7. The summed E-state index contributed by atoms with van der Waals surface area (Å²) < 4.78 is 11.1. The monoisotopic (exact) mass is 449 g/mol. The minimum Gasteiger partial charge on any atom is -0.496 e. The molecule has 33 heavy (non-hydrogen) atoms. The van der Waals surface area contributed by atoms with Crippen molar-refractivity contribution in [3.8, 4) is 17.0 Å². The van der Waals surface area contributed by atoms with Crippen molar-refractivity contribution in [2.24, 2.45) is 0 Å². The van der Waals surface area contributed by atoms with Gasteiger partial charge >= 0.3 is 6.09 Å². The lowest BCUT2D eigenvalue weighted by atomic mass is 9.95. The highest BCUT2D eigenvalue weighted by Crippen LogP contribution is 2.33. The van der Waals surface area contributed by atoms with Gasteiger partial charge in [0.1, 0.15) is 11.4 Å². The summed E-state index contributed by atoms with van der Waals surface area (Å²) in [6.07, 6.45) is 5.01. The summed E-state index contributed by atoms with van der Waals surface area (Å²) in [7, 11) is 1.66. The number of piperidine rings is 1. The highest BCUT2D eigenvalue weighted by molar-refractivity contribution is 5.75. The number of rotatable bonds is 3. The second-order valence-corrected chi connectivity index (χ2v) is 9.62. The van der Waals surface area contributed by atoms with E-state index in [1.807, 2.05) is 40.7 Å². The molecule has 1 amide bonds. The topological polar surface area (TPSA) is 90.3 Å². The lowest BCUT2D eigenvalue weighted by Crippen LogP contribution is -2.42. The average molecular weight is 450 g/mol. The van der Waals surface area contributed by atoms with Crippen molar-refractivity contribution in [3.63, 3.8) is 0 Å². The fraction of sp³-hybridized carbons (Fsp3) is 0.480. The molecule has 1 aliphatic rings. The molecule has 0 N–H and O–H groups in total. The SMILES string of the molecule is COc1cc(C)cc(C)c1-c1cnc2nc([C@@H]3CCCN(C(=O)OC(C)(C)C)C3)cnc2n1. The lowest BCUT2D eigenvalue weighted by Gasteiger charge is -2.33. The zero-order chi connectivity index (χ0) is 23.8. The summed E-state index contributed by atoms with van der Waals surface area (Å²) in [6, 6.07) is 4.08. The molecular formula is C25H31N5O3. The number of amides is 1. The molecule has 2 aromatic heterocycles. The number of hydrogen-bond acceptors (Lipinski definition) is 7. The van der Waals surface area contributed by atoms with E-state index < -0.39 is 5.60 Å². The molecule has 1 fully saturated rings. The molecule has 0 radical (unpaired) electrons. The van der Waals surface area contributed by atoms with Gasteiger partial charge in [0.2, 0.25) is 0 Å². The first kappa shape index (κ1) is 22.9. The fourth-order valence-electron chi connectivity index (χ4n) is 4.26. The maximum atomic E-state index is 12.5. The van der Waals surface area contributed by atoms with Gasteiger partial charge in [-0.05, 0) is 64.7 Å². The highest BCUT2D eigenvalue weighted by Gasteiger charge is 2.29. The molecule has 0 saturated carbocycles. The van der Waals surface area contributed by atoms with E-state index in [9.17, 15) is 4.79 Å². The highest BCUT2D eigenvalue weighted by atomic mass is 16.6. The fourth-order valence-corrected chi connectivity index (χ4v) is 4.26. The summed E-state index contributed by atoms with van der Waals surface area (Å²) in [4.78, 5) is 32.8. The molecule has 0 aliphatic carbocycles. The Hall–Kier alpha value is -3.29. The molecule has 3 aromatic rings. The van der Waals surface area contributed by atoms with Crippen LogP contribution < -0.4 is 4.74 Å². The standard InChI is InChI=1S/C25H31N5O3/c1-15-10-16(2)21(20(11-15)32-6)19-13-27-22-23(29-19)26-12-18(28-22)17-8-7-9-30(14-17)24(31)33-25(3,4)5/h10-13,17H,7-9,14H2,1-6H3/t17-/m1/s1. The number of fused-ring (bicyclic) bond motifs is 1. The summed E-state index contributed by atoms with van der Waals surface area (Å²) in [5, 5.41) is 0. The minimum absolute atomic E-state index is 0.0871. The van der Waals surface area contributed by atoms with Gasteiger partial charge in [-0.1, -0.05) is 6.07 Å². The molecule has 1 atom stereocenters. The van der Waals surface area contributed by atoms with E-state index in [0.29, 0.717) is 30.1 Å². The molecule has 8 heteroatoms. The van der Waals surface area contributed by atoms with Gasteiger partial charge in [0.05, 0.1) is 30.9 Å². The molecule has 0 unspecified atom stereocenters. The summed E-state index contributed by atoms with van der Waals surface area (Å²) in [5.74, 6) is 0.847. The summed E-state index contributed by atoms with van der Waals surface area (Å²) in [6.45, 7) is 10.9. The number of nitrogens with zero attached hydrogens (tertiary/aromatic N) is 5. The van der Waals surface area contributed by atoms with E-state index in [-0.39, 0.29) is 12.0 Å². The minimum atomic E-state index is -0.515. The average Bonchev–Trinajstić information content (AvgIpc) is 2.77. The molecule has 1 aliphatic heterocycles. The van der Waals surface area contributed by atoms with Crippen molar-refractivity contribution in [2.75, 3.05) is 20.2 Å². The second-order valence-electron chi connectivity index (χ2n) is 9.62. The summed E-state index contributed by atoms with van der Waals surface area (Å²) in [5.41, 5.74) is 5.08. The number of hydrogen-bond donors (Lipinski definition) is 0. The number of ether oxygens (including phenoxy) is 2. The second kappa shape index (κ2) is 8.92. The number of aryl methyl sites for hydroxylation is 2. The van der Waals surface area contributed by atoms with Crippen molar-refractivity contribution >= 4 is 17.4 Å². The van der Waals surface area contributed by atoms with Gasteiger partial charge in [-0.15, -0.1) is 0 Å². The van der Waals surface area contributed by atoms with Crippen LogP contribution in [0.15, 0.2) is 24.5 Å². The molecule has 8 nitrogen and oxygen atoms in total. The predicted molar refractivity (Wildman–Crippen MR) is 126 cm³/mol. The van der Waals surface area contributed by atoms with Gasteiger partial charge in [-0.3, -0.25) is 0 Å². The van der Waals surface area contributed by atoms with E-state index in [1.54, 1.807) is 24.4 Å². The summed E-state index contributed by atoms with van der Waals surface area (Å²) >= 11 is 0. The zero-order valence-corrected chi connectivity index (χ0v) is 20.2. The smallest absolute Gasteiger partial charge is 0.410 e. The van der Waals surface area contributed by atoms with Crippen LogP contribution in [0.4, 0.5) is 4.79 Å². The first-order chi connectivity index (χ1) is 15.6. The van der Waals surface area contributed by atoms with Gasteiger partial charge in [-0.25, -0.2) is 24.7 Å². The third kappa shape index (κ3) is 5.05. The Labute approximate surface area is 194 Å². The number of carbonyl (C=O) groups is 1. The number of benzene rings is 1. The Morgan fingerprint density at radius 3 is 2.55 bits per heavy atom. The van der Waals surface area contributed by atoms with Crippen LogP contribution in [0.5, 0.6) is 5.75 Å². The Morgan fingerprint density at radius 1 is 1.09 bits per heavy atom. The number of methoxy groups -OCH3 is 1. The first-order valence-electron chi connectivity index (χ1n) is 11.3.